The van der Waals surface area contributed by atoms with Gasteiger partial charge in [0.05, 0.1) is 26.4 Å². The Labute approximate surface area is 278 Å². The van der Waals surface area contributed by atoms with Crippen molar-refractivity contribution in [2.75, 3.05) is 27.4 Å². The zero-order valence-electron chi connectivity index (χ0n) is 26.4. The number of methoxy groups -OCH3 is 2. The minimum atomic E-state index is -1.85. The summed E-state index contributed by atoms with van der Waals surface area (Å²) >= 11 is 0. The highest BCUT2D eigenvalue weighted by Gasteiger charge is 2.48. The van der Waals surface area contributed by atoms with Gasteiger partial charge in [-0.05, 0) is 18.2 Å². The molecule has 0 radical (unpaired) electrons. The van der Waals surface area contributed by atoms with Crippen molar-refractivity contribution < 1.29 is 88.6 Å². The third kappa shape index (κ3) is 7.28. The molecule has 2 saturated heterocycles. The monoisotopic (exact) mass is 698 g/mol. The average molecular weight is 699 g/mol. The van der Waals surface area contributed by atoms with Crippen molar-refractivity contribution in [3.8, 4) is 34.5 Å². The number of carbonyl (C=O) groups is 1. The maximum Gasteiger partial charge on any atom is 0.302 e. The summed E-state index contributed by atoms with van der Waals surface area (Å²) in [7, 11) is 2.59. The molecule has 1 unspecified atom stereocenters. The molecule has 18 heteroatoms. The van der Waals surface area contributed by atoms with E-state index in [-0.39, 0.29) is 51.4 Å². The van der Waals surface area contributed by atoms with Gasteiger partial charge in [-0.25, -0.2) is 0 Å². The smallest absolute Gasteiger partial charge is 0.302 e. The molecule has 2 fully saturated rings. The van der Waals surface area contributed by atoms with Crippen LogP contribution in [0.2, 0.25) is 0 Å². The number of hydrogen-bond donors (Lipinski definition) is 9. The van der Waals surface area contributed by atoms with Crippen molar-refractivity contribution in [3.63, 3.8) is 0 Å². The van der Waals surface area contributed by atoms with Crippen LogP contribution in [-0.2, 0) is 23.7 Å². The molecule has 0 spiro atoms. The maximum absolute atomic E-state index is 11.4. The maximum atomic E-state index is 11.4. The number of aliphatic hydroxyl groups excluding tert-OH is 7. The summed E-state index contributed by atoms with van der Waals surface area (Å²) in [4.78, 5) is 11.4. The van der Waals surface area contributed by atoms with Gasteiger partial charge in [0, 0.05) is 24.6 Å². The number of carbonyl (C=O) groups excluding carboxylic acids is 1. The first-order chi connectivity index (χ1) is 23.3. The molecule has 0 amide bonds. The molecule has 0 saturated carbocycles. The van der Waals surface area contributed by atoms with Gasteiger partial charge in [0.15, 0.2) is 17.6 Å². The van der Waals surface area contributed by atoms with Crippen LogP contribution in [0, 0.1) is 0 Å². The van der Waals surface area contributed by atoms with Gasteiger partial charge in [0.25, 0.3) is 0 Å². The van der Waals surface area contributed by atoms with E-state index < -0.39 is 86.7 Å². The molecule has 3 aliphatic rings. The molecule has 11 atom stereocenters. The number of esters is 1. The largest absolute Gasteiger partial charge is 0.508 e. The van der Waals surface area contributed by atoms with Crippen molar-refractivity contribution in [2.24, 2.45) is 0 Å². The molecule has 3 aliphatic heterocycles. The fraction of sp³-hybridized carbons (Fsp3) is 0.516. The number of rotatable bonds is 10. The first kappa shape index (κ1) is 36.2. The molecule has 0 aromatic heterocycles. The van der Waals surface area contributed by atoms with Crippen molar-refractivity contribution >= 4 is 12.0 Å². The molecule has 2 aromatic rings. The van der Waals surface area contributed by atoms with E-state index in [1.165, 1.54) is 38.5 Å². The number of aliphatic hydroxyl groups is 7. The summed E-state index contributed by atoms with van der Waals surface area (Å²) in [5.41, 5.74) is 0.298. The average Bonchev–Trinajstić information content (AvgIpc) is 3.08. The molecule has 0 aliphatic carbocycles. The zero-order chi connectivity index (χ0) is 35.7. The van der Waals surface area contributed by atoms with Crippen LogP contribution in [0.3, 0.4) is 0 Å². The molecule has 3 heterocycles. The quantitative estimate of drug-likeness (QED) is 0.123. The molecule has 270 valence electrons. The number of fused-ring (bicyclic) bond motifs is 1. The lowest BCUT2D eigenvalue weighted by atomic mass is 9.98. The topological polar surface area (TPSA) is 273 Å². The van der Waals surface area contributed by atoms with E-state index in [1.807, 2.05) is 0 Å². The third-order valence-electron chi connectivity index (χ3n) is 8.15. The van der Waals surface area contributed by atoms with Gasteiger partial charge in [0.2, 0.25) is 18.3 Å². The minimum Gasteiger partial charge on any atom is -0.508 e. The van der Waals surface area contributed by atoms with E-state index in [9.17, 15) is 50.8 Å². The van der Waals surface area contributed by atoms with Crippen LogP contribution < -0.4 is 18.9 Å². The Hall–Kier alpha value is -4.11. The molecule has 5 rings (SSSR count). The van der Waals surface area contributed by atoms with Crippen molar-refractivity contribution in [1.29, 1.82) is 0 Å². The first-order valence-corrected chi connectivity index (χ1v) is 14.9. The highest BCUT2D eigenvalue weighted by Crippen LogP contribution is 2.48. The fourth-order valence-electron chi connectivity index (χ4n) is 5.50. The summed E-state index contributed by atoms with van der Waals surface area (Å²) in [5, 5.41) is 93.6. The number of aromatic hydroxyl groups is 2. The Morgan fingerprint density at radius 3 is 1.90 bits per heavy atom. The Morgan fingerprint density at radius 2 is 1.33 bits per heavy atom. The number of hydrogen-bond acceptors (Lipinski definition) is 18. The van der Waals surface area contributed by atoms with E-state index >= 15 is 0 Å². The van der Waals surface area contributed by atoms with Gasteiger partial charge >= 0.3 is 5.97 Å². The predicted octanol–water partition coefficient (Wildman–Crippen LogP) is -1.84. The Kier molecular flexibility index (Phi) is 10.9. The molecular weight excluding hydrogens is 660 g/mol. The van der Waals surface area contributed by atoms with Crippen LogP contribution in [0.4, 0.5) is 0 Å². The molecule has 9 N–H and O–H groups in total. The number of ether oxygens (including phenoxy) is 8. The number of benzene rings is 2. The summed E-state index contributed by atoms with van der Waals surface area (Å²) in [6, 6.07) is 5.11. The third-order valence-corrected chi connectivity index (χ3v) is 8.15. The summed E-state index contributed by atoms with van der Waals surface area (Å²) < 4.78 is 44.8. The van der Waals surface area contributed by atoms with Gasteiger partial charge in [0.1, 0.15) is 78.4 Å². The van der Waals surface area contributed by atoms with E-state index in [0.29, 0.717) is 0 Å². The molecule has 49 heavy (non-hydrogen) atoms. The van der Waals surface area contributed by atoms with Gasteiger partial charge in [-0.15, -0.1) is 0 Å². The SMILES string of the molecule is COc1cc(C2Oc3cc(O)cc(O[C@@H]4O[C@H](CO)[C@H](O)[C@H](O)[C@H]4O)c3C=C2O[C@@H]2O[C@H](COC(C)=O)[C@H](O)[C@H](O)[C@H]2O)cc(OC)c1O. The second kappa shape index (κ2) is 14.8. The standard InChI is InChI=1S/C31H38O18/c1-11(33)44-10-21-24(37)26(39)28(41)31(49-21)47-19-8-14-15(45-29(19)12-4-17(42-2)22(35)18(5-12)43-3)6-13(34)7-16(14)46-30-27(40)25(38)23(36)20(9-32)48-30/h4-8,20-21,23-32,34-41H,9-10H2,1-3H3/t20-,21-,23+,24+,25+,26+,27-,28-,29?,30-,31-/m1/s1. The second-order valence-corrected chi connectivity index (χ2v) is 11.4. The second-order valence-electron chi connectivity index (χ2n) is 11.4. The zero-order valence-corrected chi connectivity index (χ0v) is 26.4. The summed E-state index contributed by atoms with van der Waals surface area (Å²) in [6.07, 6.45) is -16.5. The molecule has 0 bridgehead atoms. The van der Waals surface area contributed by atoms with Crippen LogP contribution in [0.5, 0.6) is 34.5 Å². The van der Waals surface area contributed by atoms with Crippen molar-refractivity contribution in [3.05, 3.63) is 41.2 Å². The molecular formula is C31H38O18. The van der Waals surface area contributed by atoms with Gasteiger partial charge in [-0.2, -0.15) is 0 Å². The van der Waals surface area contributed by atoms with Crippen LogP contribution in [-0.4, -0.2) is 141 Å². The lowest BCUT2D eigenvalue weighted by molar-refractivity contribution is -0.294. The fourth-order valence-corrected chi connectivity index (χ4v) is 5.50. The predicted molar refractivity (Wildman–Crippen MR) is 159 cm³/mol. The number of phenols is 2. The first-order valence-electron chi connectivity index (χ1n) is 14.9. The summed E-state index contributed by atoms with van der Waals surface area (Å²) in [5.74, 6) is -1.85. The highest BCUT2D eigenvalue weighted by molar-refractivity contribution is 5.70. The minimum absolute atomic E-state index is 0.0282. The van der Waals surface area contributed by atoms with Crippen LogP contribution in [0.15, 0.2) is 30.0 Å². The van der Waals surface area contributed by atoms with Crippen molar-refractivity contribution in [2.45, 2.75) is 74.4 Å². The Morgan fingerprint density at radius 1 is 0.755 bits per heavy atom. The highest BCUT2D eigenvalue weighted by atomic mass is 16.7. The van der Waals surface area contributed by atoms with Crippen molar-refractivity contribution in [1.82, 2.24) is 0 Å². The summed E-state index contributed by atoms with van der Waals surface area (Å²) in [6.45, 7) is -0.0962. The van der Waals surface area contributed by atoms with Gasteiger partial charge < -0.3 is 83.9 Å². The Bertz CT molecular complexity index is 1500. The van der Waals surface area contributed by atoms with Crippen LogP contribution in [0.25, 0.3) is 6.08 Å². The Balaban J connectivity index is 1.57. The lowest BCUT2D eigenvalue weighted by Crippen LogP contribution is -2.60. The van der Waals surface area contributed by atoms with E-state index in [2.05, 4.69) is 0 Å². The van der Waals surface area contributed by atoms with E-state index in [0.717, 1.165) is 13.0 Å². The lowest BCUT2D eigenvalue weighted by Gasteiger charge is -2.41. The van der Waals surface area contributed by atoms with E-state index in [1.54, 1.807) is 0 Å². The molecule has 2 aromatic carbocycles. The van der Waals surface area contributed by atoms with Gasteiger partial charge in [-0.1, -0.05) is 0 Å². The molecule has 18 nitrogen and oxygen atoms in total. The van der Waals surface area contributed by atoms with Crippen LogP contribution >= 0.6 is 0 Å². The van der Waals surface area contributed by atoms with Gasteiger partial charge in [-0.3, -0.25) is 4.79 Å². The number of phenolic OH excluding ortho intramolecular Hbond substituents is 2. The van der Waals surface area contributed by atoms with Crippen LogP contribution in [0.1, 0.15) is 24.2 Å². The van der Waals surface area contributed by atoms with E-state index in [4.69, 9.17) is 37.9 Å². The normalized spacial score (nSPS) is 32.6.